The summed E-state index contributed by atoms with van der Waals surface area (Å²) in [5.74, 6) is 3.28. The molecule has 1 atom stereocenters. The smallest absolute Gasteiger partial charge is 0.253 e. The number of aryl methyl sites for hydroxylation is 1. The Labute approximate surface area is 158 Å². The Morgan fingerprint density at radius 3 is 3.04 bits per heavy atom. The van der Waals surface area contributed by atoms with Crippen LogP contribution in [0.25, 0.3) is 11.0 Å². The average molecular weight is 363 g/mol. The molecular formula is C21H25N5O. The summed E-state index contributed by atoms with van der Waals surface area (Å²) in [4.78, 5) is 27.4. The zero-order valence-corrected chi connectivity index (χ0v) is 15.7. The van der Waals surface area contributed by atoms with Gasteiger partial charge in [-0.1, -0.05) is 0 Å². The van der Waals surface area contributed by atoms with Crippen LogP contribution in [0.1, 0.15) is 53.6 Å². The molecule has 140 valence electrons. The highest BCUT2D eigenvalue weighted by Gasteiger charge is 2.30. The second-order valence-corrected chi connectivity index (χ2v) is 8.03. The van der Waals surface area contributed by atoms with Gasteiger partial charge in [-0.15, -0.1) is 0 Å². The fourth-order valence-electron chi connectivity index (χ4n) is 4.24. The summed E-state index contributed by atoms with van der Waals surface area (Å²) in [6.07, 6.45) is 8.81. The number of likely N-dealkylation sites (tertiary alicyclic amines) is 1. The van der Waals surface area contributed by atoms with Crippen LogP contribution in [-0.2, 0) is 6.54 Å². The zero-order valence-electron chi connectivity index (χ0n) is 15.7. The normalized spacial score (nSPS) is 20.3. The van der Waals surface area contributed by atoms with E-state index in [1.165, 1.54) is 12.8 Å². The number of hydrogen-bond donors (Lipinski definition) is 1. The van der Waals surface area contributed by atoms with Crippen LogP contribution in [0.2, 0.25) is 0 Å². The highest BCUT2D eigenvalue weighted by molar-refractivity contribution is 5.97. The molecule has 1 amide bonds. The van der Waals surface area contributed by atoms with Gasteiger partial charge in [0.2, 0.25) is 0 Å². The van der Waals surface area contributed by atoms with Crippen molar-refractivity contribution in [2.24, 2.45) is 5.92 Å². The maximum Gasteiger partial charge on any atom is 0.253 e. The van der Waals surface area contributed by atoms with Crippen molar-refractivity contribution < 1.29 is 4.79 Å². The number of piperidine rings is 1. The van der Waals surface area contributed by atoms with Crippen molar-refractivity contribution in [1.29, 1.82) is 0 Å². The van der Waals surface area contributed by atoms with E-state index in [9.17, 15) is 4.79 Å². The highest BCUT2D eigenvalue weighted by atomic mass is 16.2. The molecular weight excluding hydrogens is 338 g/mol. The largest absolute Gasteiger partial charge is 0.342 e. The Morgan fingerprint density at radius 2 is 2.19 bits per heavy atom. The van der Waals surface area contributed by atoms with Crippen molar-refractivity contribution in [3.05, 3.63) is 47.8 Å². The van der Waals surface area contributed by atoms with Gasteiger partial charge < -0.3 is 14.5 Å². The predicted octanol–water partition coefficient (Wildman–Crippen LogP) is 3.50. The number of amides is 1. The Bertz CT molecular complexity index is 984. The van der Waals surface area contributed by atoms with Gasteiger partial charge in [0.05, 0.1) is 11.0 Å². The minimum absolute atomic E-state index is 0.106. The Balaban J connectivity index is 1.35. The van der Waals surface area contributed by atoms with Crippen molar-refractivity contribution in [3.63, 3.8) is 0 Å². The SMILES string of the molecule is Cc1nc2ccc(C(=O)N3CCC[C@@H](c4nccn4CC4CC4)C3)cc2[nH]1. The van der Waals surface area contributed by atoms with Gasteiger partial charge in [0.25, 0.3) is 5.91 Å². The summed E-state index contributed by atoms with van der Waals surface area (Å²) in [6, 6.07) is 5.74. The molecule has 2 aromatic heterocycles. The molecule has 6 nitrogen and oxygen atoms in total. The molecule has 1 aromatic carbocycles. The number of carbonyl (C=O) groups excluding carboxylic acids is 1. The minimum atomic E-state index is 0.106. The molecule has 3 aromatic rings. The fourth-order valence-corrected chi connectivity index (χ4v) is 4.24. The van der Waals surface area contributed by atoms with Gasteiger partial charge in [0, 0.05) is 43.5 Å². The second-order valence-electron chi connectivity index (χ2n) is 8.03. The first-order valence-electron chi connectivity index (χ1n) is 9.94. The van der Waals surface area contributed by atoms with Crippen LogP contribution in [0, 0.1) is 12.8 Å². The number of benzene rings is 1. The summed E-state index contributed by atoms with van der Waals surface area (Å²) in [5, 5.41) is 0. The Hall–Kier alpha value is -2.63. The van der Waals surface area contributed by atoms with Crippen LogP contribution < -0.4 is 0 Å². The van der Waals surface area contributed by atoms with E-state index in [1.54, 1.807) is 0 Å². The average Bonchev–Trinajstić information content (AvgIpc) is 3.23. The molecule has 0 unspecified atom stereocenters. The third-order valence-electron chi connectivity index (χ3n) is 5.82. The van der Waals surface area contributed by atoms with Crippen LogP contribution in [-0.4, -0.2) is 43.4 Å². The van der Waals surface area contributed by atoms with Gasteiger partial charge in [0.15, 0.2) is 0 Å². The van der Waals surface area contributed by atoms with E-state index < -0.39 is 0 Å². The number of imidazole rings is 2. The van der Waals surface area contributed by atoms with E-state index in [2.05, 4.69) is 25.7 Å². The lowest BCUT2D eigenvalue weighted by molar-refractivity contribution is 0.0703. The van der Waals surface area contributed by atoms with E-state index in [0.717, 1.165) is 66.6 Å². The molecule has 1 saturated carbocycles. The Kier molecular flexibility index (Phi) is 3.99. The molecule has 5 rings (SSSR count). The first-order valence-corrected chi connectivity index (χ1v) is 9.94. The van der Waals surface area contributed by atoms with Gasteiger partial charge >= 0.3 is 0 Å². The number of hydrogen-bond acceptors (Lipinski definition) is 3. The third-order valence-corrected chi connectivity index (χ3v) is 5.82. The van der Waals surface area contributed by atoms with Crippen LogP contribution in [0.15, 0.2) is 30.6 Å². The van der Waals surface area contributed by atoms with Crippen molar-refractivity contribution in [2.75, 3.05) is 13.1 Å². The lowest BCUT2D eigenvalue weighted by Gasteiger charge is -2.32. The summed E-state index contributed by atoms with van der Waals surface area (Å²) in [7, 11) is 0. The third kappa shape index (κ3) is 3.24. The summed E-state index contributed by atoms with van der Waals surface area (Å²) >= 11 is 0. The molecule has 1 N–H and O–H groups in total. The topological polar surface area (TPSA) is 66.8 Å². The van der Waals surface area contributed by atoms with Gasteiger partial charge in [0.1, 0.15) is 11.6 Å². The number of aromatic nitrogens is 4. The summed E-state index contributed by atoms with van der Waals surface area (Å²) in [6.45, 7) is 4.58. The van der Waals surface area contributed by atoms with Crippen LogP contribution in [0.4, 0.5) is 0 Å². The van der Waals surface area contributed by atoms with Crippen molar-refractivity contribution in [2.45, 2.75) is 45.1 Å². The van der Waals surface area contributed by atoms with Crippen LogP contribution >= 0.6 is 0 Å². The molecule has 2 aliphatic rings. The number of H-pyrrole nitrogens is 1. The molecule has 3 heterocycles. The van der Waals surface area contributed by atoms with Crippen molar-refractivity contribution in [3.8, 4) is 0 Å². The van der Waals surface area contributed by atoms with Gasteiger partial charge in [-0.05, 0) is 56.7 Å². The van der Waals surface area contributed by atoms with E-state index in [4.69, 9.17) is 0 Å². The van der Waals surface area contributed by atoms with Crippen molar-refractivity contribution >= 4 is 16.9 Å². The number of nitrogens with zero attached hydrogens (tertiary/aromatic N) is 4. The first-order chi connectivity index (χ1) is 13.2. The first kappa shape index (κ1) is 16.5. The van der Waals surface area contributed by atoms with Gasteiger partial charge in [-0.3, -0.25) is 4.79 Å². The molecule has 2 fully saturated rings. The molecule has 1 aliphatic carbocycles. The molecule has 1 aliphatic heterocycles. The quantitative estimate of drug-likeness (QED) is 0.771. The minimum Gasteiger partial charge on any atom is -0.342 e. The zero-order chi connectivity index (χ0) is 18.4. The molecule has 6 heteroatoms. The summed E-state index contributed by atoms with van der Waals surface area (Å²) in [5.41, 5.74) is 2.56. The van der Waals surface area contributed by atoms with E-state index in [-0.39, 0.29) is 5.91 Å². The second kappa shape index (κ2) is 6.51. The number of rotatable bonds is 4. The number of aromatic amines is 1. The maximum absolute atomic E-state index is 13.1. The summed E-state index contributed by atoms with van der Waals surface area (Å²) < 4.78 is 2.32. The monoisotopic (exact) mass is 363 g/mol. The predicted molar refractivity (Wildman–Crippen MR) is 104 cm³/mol. The highest BCUT2D eigenvalue weighted by Crippen LogP contribution is 2.33. The standard InChI is InChI=1S/C21H25N5O/c1-14-23-18-7-6-16(11-19(18)24-14)21(27)26-9-2-3-17(13-26)20-22-8-10-25(20)12-15-4-5-15/h6-8,10-11,15,17H,2-5,9,12-13H2,1H3,(H,23,24)/t17-/m1/s1. The lowest BCUT2D eigenvalue weighted by atomic mass is 9.96. The van der Waals surface area contributed by atoms with Crippen molar-refractivity contribution in [1.82, 2.24) is 24.4 Å². The number of nitrogens with one attached hydrogen (secondary N) is 1. The molecule has 0 bridgehead atoms. The van der Waals surface area contributed by atoms with Crippen LogP contribution in [0.5, 0.6) is 0 Å². The molecule has 0 radical (unpaired) electrons. The Morgan fingerprint density at radius 1 is 1.30 bits per heavy atom. The van der Waals surface area contributed by atoms with E-state index in [0.29, 0.717) is 5.92 Å². The van der Waals surface area contributed by atoms with Gasteiger partial charge in [-0.25, -0.2) is 9.97 Å². The molecule has 0 spiro atoms. The molecule has 1 saturated heterocycles. The van der Waals surface area contributed by atoms with E-state index >= 15 is 0 Å². The lowest BCUT2D eigenvalue weighted by Crippen LogP contribution is -2.39. The van der Waals surface area contributed by atoms with Crippen LogP contribution in [0.3, 0.4) is 0 Å². The van der Waals surface area contributed by atoms with E-state index in [1.807, 2.05) is 36.2 Å². The molecule has 27 heavy (non-hydrogen) atoms. The van der Waals surface area contributed by atoms with Gasteiger partial charge in [-0.2, -0.15) is 0 Å². The number of fused-ring (bicyclic) bond motifs is 1. The fraction of sp³-hybridized carbons (Fsp3) is 0.476. The maximum atomic E-state index is 13.1. The number of carbonyl (C=O) groups is 1.